The maximum Gasteiger partial charge on any atom is 0.387 e. The van der Waals surface area contributed by atoms with Crippen LogP contribution in [0.2, 0.25) is 0 Å². The van der Waals surface area contributed by atoms with Gasteiger partial charge in [0.05, 0.1) is 0 Å². The average molecular weight is 306 g/mol. The highest BCUT2D eigenvalue weighted by Gasteiger charge is 2.35. The third kappa shape index (κ3) is 3.50. The zero-order valence-corrected chi connectivity index (χ0v) is 12.9. The second-order valence-electron chi connectivity index (χ2n) is 6.79. The van der Waals surface area contributed by atoms with E-state index >= 15 is 0 Å². The molecule has 2 aliphatic carbocycles. The van der Waals surface area contributed by atoms with Gasteiger partial charge >= 0.3 is 6.61 Å². The van der Waals surface area contributed by atoms with Gasteiger partial charge in [-0.2, -0.15) is 8.78 Å². The minimum atomic E-state index is -2.75. The Balaban J connectivity index is 1.61. The summed E-state index contributed by atoms with van der Waals surface area (Å²) in [7, 11) is 0. The second-order valence-corrected chi connectivity index (χ2v) is 6.79. The lowest BCUT2D eigenvalue weighted by molar-refractivity contribution is -0.0498. The fourth-order valence-electron chi connectivity index (χ4n) is 4.36. The van der Waals surface area contributed by atoms with Gasteiger partial charge in [0.1, 0.15) is 5.75 Å². The minimum absolute atomic E-state index is 0.249. The highest BCUT2D eigenvalue weighted by molar-refractivity contribution is 5.30. The number of rotatable bonds is 4. The van der Waals surface area contributed by atoms with Crippen molar-refractivity contribution < 1.29 is 13.5 Å². The first-order valence-corrected chi connectivity index (χ1v) is 8.33. The predicted octanol–water partition coefficient (Wildman–Crippen LogP) is 5.77. The van der Waals surface area contributed by atoms with Gasteiger partial charge < -0.3 is 4.74 Å². The van der Waals surface area contributed by atoms with Gasteiger partial charge in [0.25, 0.3) is 0 Å². The Morgan fingerprint density at radius 3 is 2.36 bits per heavy atom. The first kappa shape index (κ1) is 15.5. The Morgan fingerprint density at radius 2 is 1.68 bits per heavy atom. The summed E-state index contributed by atoms with van der Waals surface area (Å²) in [5.74, 6) is 3.21. The molecule has 0 radical (unpaired) electrons. The quantitative estimate of drug-likeness (QED) is 0.641. The van der Waals surface area contributed by atoms with Crippen molar-refractivity contribution in [2.75, 3.05) is 0 Å². The molecule has 120 valence electrons. The van der Waals surface area contributed by atoms with Crippen LogP contribution in [0.15, 0.2) is 36.9 Å². The molecule has 4 unspecified atom stereocenters. The van der Waals surface area contributed by atoms with Crippen molar-refractivity contribution in [1.29, 1.82) is 0 Å². The Labute approximate surface area is 131 Å². The van der Waals surface area contributed by atoms with Crippen molar-refractivity contribution in [1.82, 2.24) is 0 Å². The van der Waals surface area contributed by atoms with Crippen LogP contribution in [-0.4, -0.2) is 6.61 Å². The molecule has 0 spiro atoms. The summed E-state index contributed by atoms with van der Waals surface area (Å²) in [6.45, 7) is 1.20. The third-order valence-electron chi connectivity index (χ3n) is 5.56. The van der Waals surface area contributed by atoms with Crippen molar-refractivity contribution in [3.8, 4) is 5.75 Å². The zero-order valence-electron chi connectivity index (χ0n) is 12.9. The van der Waals surface area contributed by atoms with Crippen molar-refractivity contribution >= 4 is 0 Å². The van der Waals surface area contributed by atoms with Gasteiger partial charge in [0, 0.05) is 0 Å². The van der Waals surface area contributed by atoms with Crippen LogP contribution in [0.1, 0.15) is 50.0 Å². The summed E-state index contributed by atoms with van der Waals surface area (Å²) in [5.41, 5.74) is 1.27. The Morgan fingerprint density at radius 1 is 1.00 bits per heavy atom. The molecule has 0 aliphatic heterocycles. The lowest BCUT2D eigenvalue weighted by atomic mass is 9.64. The maximum absolute atomic E-state index is 12.2. The predicted molar refractivity (Wildman–Crippen MR) is 84.2 cm³/mol. The lowest BCUT2D eigenvalue weighted by Gasteiger charge is -2.41. The van der Waals surface area contributed by atoms with Crippen molar-refractivity contribution in [2.45, 2.75) is 51.1 Å². The Bertz CT molecular complexity index is 497. The first-order chi connectivity index (χ1) is 10.7. The highest BCUT2D eigenvalue weighted by atomic mass is 19.3. The SMILES string of the molecule is C=CC1CCC2CC(c3ccc(OC(F)F)cc3)CCC2C1. The standard InChI is InChI=1S/C19H24F2O/c1-2-13-3-4-17-12-16(6-5-15(17)11-13)14-7-9-18(10-8-14)22-19(20)21/h2,7-10,13,15-17,19H,1,3-6,11-12H2. The minimum Gasteiger partial charge on any atom is -0.435 e. The molecule has 3 rings (SSSR count). The van der Waals surface area contributed by atoms with Crippen LogP contribution in [0.3, 0.4) is 0 Å². The molecule has 1 nitrogen and oxygen atoms in total. The summed E-state index contributed by atoms with van der Waals surface area (Å²) in [4.78, 5) is 0. The normalized spacial score (nSPS) is 31.6. The van der Waals surface area contributed by atoms with Crippen molar-refractivity contribution in [2.24, 2.45) is 17.8 Å². The molecule has 1 aromatic rings. The molecule has 0 heterocycles. The van der Waals surface area contributed by atoms with Crippen LogP contribution in [0.25, 0.3) is 0 Å². The van der Waals surface area contributed by atoms with Crippen LogP contribution in [0, 0.1) is 17.8 Å². The van der Waals surface area contributed by atoms with Gasteiger partial charge in [-0.1, -0.05) is 18.2 Å². The van der Waals surface area contributed by atoms with Crippen LogP contribution in [0.5, 0.6) is 5.75 Å². The zero-order chi connectivity index (χ0) is 15.5. The van der Waals surface area contributed by atoms with Gasteiger partial charge in [-0.15, -0.1) is 6.58 Å². The van der Waals surface area contributed by atoms with E-state index in [1.807, 2.05) is 12.1 Å². The van der Waals surface area contributed by atoms with Gasteiger partial charge in [-0.3, -0.25) is 0 Å². The molecular formula is C19H24F2O. The summed E-state index contributed by atoms with van der Waals surface area (Å²) in [6, 6.07) is 7.25. The molecule has 0 saturated heterocycles. The maximum atomic E-state index is 12.2. The van der Waals surface area contributed by atoms with Crippen LogP contribution >= 0.6 is 0 Å². The number of alkyl halides is 2. The van der Waals surface area contributed by atoms with E-state index in [4.69, 9.17) is 0 Å². The van der Waals surface area contributed by atoms with Crippen LogP contribution < -0.4 is 4.74 Å². The van der Waals surface area contributed by atoms with E-state index < -0.39 is 6.61 Å². The van der Waals surface area contributed by atoms with Gasteiger partial charge in [0.15, 0.2) is 0 Å². The second kappa shape index (κ2) is 6.80. The van der Waals surface area contributed by atoms with E-state index in [2.05, 4.69) is 17.4 Å². The smallest absolute Gasteiger partial charge is 0.387 e. The molecule has 3 heteroatoms. The fourth-order valence-corrected chi connectivity index (χ4v) is 4.36. The third-order valence-corrected chi connectivity index (χ3v) is 5.56. The number of hydrogen-bond acceptors (Lipinski definition) is 1. The van der Waals surface area contributed by atoms with E-state index in [0.29, 0.717) is 11.8 Å². The number of halogens is 2. The molecule has 0 amide bonds. The average Bonchev–Trinajstić information content (AvgIpc) is 2.54. The molecule has 2 fully saturated rings. The molecule has 2 saturated carbocycles. The van der Waals surface area contributed by atoms with Gasteiger partial charge in [-0.05, 0) is 79.9 Å². The first-order valence-electron chi connectivity index (χ1n) is 8.33. The highest BCUT2D eigenvalue weighted by Crippen LogP contribution is 2.47. The van der Waals surface area contributed by atoms with Gasteiger partial charge in [0.2, 0.25) is 0 Å². The van der Waals surface area contributed by atoms with Crippen molar-refractivity contribution in [3.05, 3.63) is 42.5 Å². The molecular weight excluding hydrogens is 282 g/mol. The summed E-state index contributed by atoms with van der Waals surface area (Å²) < 4.78 is 28.8. The van der Waals surface area contributed by atoms with E-state index in [1.165, 1.54) is 44.1 Å². The van der Waals surface area contributed by atoms with Crippen LogP contribution in [0.4, 0.5) is 8.78 Å². The lowest BCUT2D eigenvalue weighted by Crippen LogP contribution is -2.29. The number of allylic oxidation sites excluding steroid dienone is 1. The molecule has 4 atom stereocenters. The number of ether oxygens (including phenoxy) is 1. The molecule has 0 N–H and O–H groups in total. The Hall–Kier alpha value is -1.38. The number of fused-ring (bicyclic) bond motifs is 1. The molecule has 0 aromatic heterocycles. The molecule has 2 aliphatic rings. The van der Waals surface area contributed by atoms with E-state index in [0.717, 1.165) is 11.8 Å². The topological polar surface area (TPSA) is 9.23 Å². The van der Waals surface area contributed by atoms with Crippen molar-refractivity contribution in [3.63, 3.8) is 0 Å². The van der Waals surface area contributed by atoms with Gasteiger partial charge in [-0.25, -0.2) is 0 Å². The molecule has 0 bridgehead atoms. The molecule has 22 heavy (non-hydrogen) atoms. The monoisotopic (exact) mass is 306 g/mol. The Kier molecular flexibility index (Phi) is 4.80. The summed E-state index contributed by atoms with van der Waals surface area (Å²) >= 11 is 0. The molecule has 1 aromatic carbocycles. The summed E-state index contributed by atoms with van der Waals surface area (Å²) in [5, 5.41) is 0. The van der Waals surface area contributed by atoms with Crippen LogP contribution in [-0.2, 0) is 0 Å². The number of benzene rings is 1. The fraction of sp³-hybridized carbons (Fsp3) is 0.579. The largest absolute Gasteiger partial charge is 0.435 e. The van der Waals surface area contributed by atoms with E-state index in [-0.39, 0.29) is 5.75 Å². The van der Waals surface area contributed by atoms with E-state index in [9.17, 15) is 8.78 Å². The van der Waals surface area contributed by atoms with E-state index in [1.54, 1.807) is 12.1 Å². The number of hydrogen-bond donors (Lipinski definition) is 0. The summed E-state index contributed by atoms with van der Waals surface area (Å²) in [6.07, 6.45) is 9.76.